The zero-order valence-electron chi connectivity index (χ0n) is 23.9. The third kappa shape index (κ3) is 19.0. The first-order valence-electron chi connectivity index (χ1n) is 13.4. The summed E-state index contributed by atoms with van der Waals surface area (Å²) in [6.45, 7) is -1.79. The van der Waals surface area contributed by atoms with Crippen molar-refractivity contribution in [2.24, 2.45) is 21.6 Å². The molecule has 0 fully saturated rings. The molecule has 0 radical (unpaired) electrons. The number of azide groups is 1. The topological polar surface area (TPSA) is 353 Å². The van der Waals surface area contributed by atoms with Crippen LogP contribution in [0, 0.1) is 0 Å². The largest absolute Gasteiger partial charge is 0.481 e. The van der Waals surface area contributed by atoms with E-state index in [4.69, 9.17) is 32.3 Å². The molecule has 5 amide bonds. The van der Waals surface area contributed by atoms with Crippen LogP contribution in [0.3, 0.4) is 0 Å². The average molecular weight is 630 g/mol. The fraction of sp³-hybridized carbons (Fsp3) is 0.652. The number of rotatable bonds is 23. The van der Waals surface area contributed by atoms with E-state index in [0.717, 1.165) is 0 Å². The molecule has 0 heterocycles. The number of amides is 5. The van der Waals surface area contributed by atoms with Crippen LogP contribution in [0.5, 0.6) is 0 Å². The lowest BCUT2D eigenvalue weighted by Crippen LogP contribution is -2.55. The lowest BCUT2D eigenvalue weighted by atomic mass is 10.1. The van der Waals surface area contributed by atoms with E-state index in [1.807, 2.05) is 5.32 Å². The second-order valence-corrected chi connectivity index (χ2v) is 9.13. The summed E-state index contributed by atoms with van der Waals surface area (Å²) in [4.78, 5) is 90.4. The molecule has 0 saturated carbocycles. The van der Waals surface area contributed by atoms with Gasteiger partial charge in [-0.3, -0.25) is 33.8 Å². The Labute approximate surface area is 251 Å². The maximum atomic E-state index is 12.8. The highest BCUT2D eigenvalue weighted by molar-refractivity contribution is 5.95. The molecule has 246 valence electrons. The zero-order chi connectivity index (χ0) is 33.5. The van der Waals surface area contributed by atoms with E-state index < -0.39 is 85.7 Å². The molecule has 0 aliphatic carbocycles. The number of aliphatic hydroxyl groups excluding tert-OH is 1. The van der Waals surface area contributed by atoms with E-state index in [1.165, 1.54) is 0 Å². The van der Waals surface area contributed by atoms with Crippen LogP contribution in [0.25, 0.3) is 10.4 Å². The number of unbranched alkanes of at least 4 members (excludes halogenated alkanes) is 2. The SMILES string of the molecule is [N-]=[N+]=NCCCCCC(=O)NCC(=O)N[C@@H](CCCN=C(N)N)C(=O)NCC(=O)N[C@@H](CC(=O)O)C(=O)N[C@@H](CO)C(=O)O. The van der Waals surface area contributed by atoms with E-state index >= 15 is 0 Å². The number of carboxylic acid groups (broad SMARTS) is 2. The monoisotopic (exact) mass is 629 g/mol. The Morgan fingerprint density at radius 2 is 1.39 bits per heavy atom. The van der Waals surface area contributed by atoms with Gasteiger partial charge in [-0.2, -0.15) is 0 Å². The van der Waals surface area contributed by atoms with Gasteiger partial charge >= 0.3 is 11.9 Å². The van der Waals surface area contributed by atoms with E-state index in [9.17, 15) is 33.6 Å². The molecule has 0 aromatic rings. The van der Waals surface area contributed by atoms with Crippen LogP contribution in [0.1, 0.15) is 44.9 Å². The molecule has 0 aromatic heterocycles. The lowest BCUT2D eigenvalue weighted by molar-refractivity contribution is -0.144. The summed E-state index contributed by atoms with van der Waals surface area (Å²) in [6, 6.07) is -4.70. The number of nitrogens with zero attached hydrogens (tertiary/aromatic N) is 4. The first-order chi connectivity index (χ1) is 20.8. The maximum Gasteiger partial charge on any atom is 0.328 e. The minimum Gasteiger partial charge on any atom is -0.481 e. The standard InChI is InChI=1S/C23H39N11O10/c24-23(25)27-7-4-5-13(31-17(37)10-28-16(36)6-2-1-3-8-30-34-26)20(41)29-11-18(38)32-14(9-19(39)40)21(42)33-15(12-35)22(43)44/h13-15,35H,1-12H2,(H,28,36)(H,29,41)(H,31,37)(H,32,38)(H,33,42)(H,39,40)(H,43,44)(H4,24,25,27)/t13-,14-,15-/m0/s1. The van der Waals surface area contributed by atoms with Crippen molar-refractivity contribution in [3.8, 4) is 0 Å². The molecule has 0 bridgehead atoms. The summed E-state index contributed by atoms with van der Waals surface area (Å²) in [7, 11) is 0. The maximum absolute atomic E-state index is 12.8. The Kier molecular flexibility index (Phi) is 19.8. The van der Waals surface area contributed by atoms with Gasteiger partial charge in [-0.05, 0) is 31.2 Å². The number of aliphatic imine (C=N–C) groups is 1. The minimum absolute atomic E-state index is 0.0108. The van der Waals surface area contributed by atoms with Crippen molar-refractivity contribution in [2.45, 2.75) is 63.1 Å². The minimum atomic E-state index is -1.75. The van der Waals surface area contributed by atoms with Crippen LogP contribution < -0.4 is 38.1 Å². The van der Waals surface area contributed by atoms with Crippen molar-refractivity contribution >= 4 is 47.4 Å². The number of guanidine groups is 1. The van der Waals surface area contributed by atoms with Crippen LogP contribution in [0.15, 0.2) is 10.1 Å². The van der Waals surface area contributed by atoms with E-state index in [0.29, 0.717) is 25.8 Å². The molecule has 0 saturated heterocycles. The second kappa shape index (κ2) is 22.4. The van der Waals surface area contributed by atoms with Gasteiger partial charge < -0.3 is 53.4 Å². The quantitative estimate of drug-likeness (QED) is 0.0130. The predicted octanol–water partition coefficient (Wildman–Crippen LogP) is -3.85. The smallest absolute Gasteiger partial charge is 0.328 e. The Morgan fingerprint density at radius 3 is 1.95 bits per heavy atom. The molecular formula is C23H39N11O10. The van der Waals surface area contributed by atoms with E-state index in [-0.39, 0.29) is 31.8 Å². The summed E-state index contributed by atoms with van der Waals surface area (Å²) in [5.74, 6) is -7.49. The lowest BCUT2D eigenvalue weighted by Gasteiger charge is -2.21. The number of hydrogen-bond acceptors (Lipinski definition) is 10. The Hall–Kier alpha value is -5.17. The van der Waals surface area contributed by atoms with Crippen molar-refractivity contribution in [2.75, 3.05) is 32.8 Å². The Balaban J connectivity index is 5.11. The molecule has 0 unspecified atom stereocenters. The molecule has 0 aliphatic heterocycles. The van der Waals surface area contributed by atoms with Crippen LogP contribution in [-0.4, -0.2) is 114 Å². The molecule has 0 aromatic carbocycles. The van der Waals surface area contributed by atoms with Crippen LogP contribution in [0.2, 0.25) is 0 Å². The summed E-state index contributed by atoms with van der Waals surface area (Å²) < 4.78 is 0. The van der Waals surface area contributed by atoms with Crippen molar-refractivity contribution in [3.63, 3.8) is 0 Å². The number of carbonyl (C=O) groups is 7. The first-order valence-corrected chi connectivity index (χ1v) is 13.4. The van der Waals surface area contributed by atoms with E-state index in [1.54, 1.807) is 0 Å². The molecule has 0 aliphatic rings. The Morgan fingerprint density at radius 1 is 0.750 bits per heavy atom. The van der Waals surface area contributed by atoms with Crippen molar-refractivity contribution < 1.29 is 48.9 Å². The number of aliphatic carboxylic acids is 2. The molecule has 3 atom stereocenters. The summed E-state index contributed by atoms with van der Waals surface area (Å²) in [6.07, 6.45) is 1.17. The second-order valence-electron chi connectivity index (χ2n) is 9.13. The van der Waals surface area contributed by atoms with E-state index in [2.05, 4.69) is 36.3 Å². The van der Waals surface area contributed by atoms with Crippen LogP contribution in [0.4, 0.5) is 0 Å². The number of hydrogen-bond donors (Lipinski definition) is 10. The average Bonchev–Trinajstić information content (AvgIpc) is 2.95. The fourth-order valence-corrected chi connectivity index (χ4v) is 3.35. The van der Waals surface area contributed by atoms with Crippen molar-refractivity contribution in [1.82, 2.24) is 26.6 Å². The van der Waals surface area contributed by atoms with Gasteiger partial charge in [0.2, 0.25) is 29.5 Å². The molecule has 12 N–H and O–H groups in total. The van der Waals surface area contributed by atoms with Crippen molar-refractivity contribution in [3.05, 3.63) is 10.4 Å². The molecular weight excluding hydrogens is 590 g/mol. The normalized spacial score (nSPS) is 12.2. The highest BCUT2D eigenvalue weighted by atomic mass is 16.4. The molecule has 21 heteroatoms. The van der Waals surface area contributed by atoms with Gasteiger partial charge in [0.15, 0.2) is 5.96 Å². The third-order valence-electron chi connectivity index (χ3n) is 5.52. The third-order valence-corrected chi connectivity index (χ3v) is 5.52. The highest BCUT2D eigenvalue weighted by Gasteiger charge is 2.28. The predicted molar refractivity (Wildman–Crippen MR) is 151 cm³/mol. The molecule has 0 rings (SSSR count). The number of nitrogens with two attached hydrogens (primary N) is 2. The highest BCUT2D eigenvalue weighted by Crippen LogP contribution is 2.01. The van der Waals surface area contributed by atoms with Gasteiger partial charge in [0.25, 0.3) is 0 Å². The summed E-state index contributed by atoms with van der Waals surface area (Å²) in [5, 5.41) is 41.5. The van der Waals surface area contributed by atoms with Crippen molar-refractivity contribution in [1.29, 1.82) is 0 Å². The van der Waals surface area contributed by atoms with Gasteiger partial charge in [-0.25, -0.2) is 4.79 Å². The van der Waals surface area contributed by atoms with Gasteiger partial charge in [0, 0.05) is 24.4 Å². The summed E-state index contributed by atoms with van der Waals surface area (Å²) >= 11 is 0. The Bertz CT molecular complexity index is 1090. The fourth-order valence-electron chi connectivity index (χ4n) is 3.35. The molecule has 0 spiro atoms. The van der Waals surface area contributed by atoms with Gasteiger partial charge in [-0.1, -0.05) is 11.5 Å². The summed E-state index contributed by atoms with van der Waals surface area (Å²) in [5.41, 5.74) is 18.8. The number of aliphatic hydroxyl groups is 1. The number of carbonyl (C=O) groups excluding carboxylic acids is 5. The molecule has 44 heavy (non-hydrogen) atoms. The van der Waals surface area contributed by atoms with Gasteiger partial charge in [0.05, 0.1) is 26.1 Å². The number of carboxylic acids is 2. The molecule has 21 nitrogen and oxygen atoms in total. The van der Waals surface area contributed by atoms with Crippen LogP contribution >= 0.6 is 0 Å². The van der Waals surface area contributed by atoms with Crippen LogP contribution in [-0.2, 0) is 33.6 Å². The zero-order valence-corrected chi connectivity index (χ0v) is 23.9. The first kappa shape index (κ1) is 38.8. The number of nitrogens with one attached hydrogen (secondary N) is 5. The van der Waals surface area contributed by atoms with Gasteiger partial charge in [0.1, 0.15) is 18.1 Å². The van der Waals surface area contributed by atoms with Gasteiger partial charge in [-0.15, -0.1) is 0 Å².